The number of benzene rings is 1. The van der Waals surface area contributed by atoms with Gasteiger partial charge >= 0.3 is 5.97 Å². The Morgan fingerprint density at radius 3 is 2.39 bits per heavy atom. The number of carbonyl (C=O) groups excluding carboxylic acids is 2. The van der Waals surface area contributed by atoms with E-state index in [0.717, 1.165) is 5.69 Å². The van der Waals surface area contributed by atoms with Crippen LogP contribution in [0.4, 0.5) is 10.1 Å². The first-order chi connectivity index (χ1) is 13.6. The van der Waals surface area contributed by atoms with Gasteiger partial charge in [-0.1, -0.05) is 0 Å². The number of hydrogen-bond acceptors (Lipinski definition) is 7. The molecule has 2 aliphatic rings. The summed E-state index contributed by atoms with van der Waals surface area (Å²) in [5.41, 5.74) is 1.28. The Labute approximate surface area is 163 Å². The summed E-state index contributed by atoms with van der Waals surface area (Å²) < 4.78 is 30.3. The number of carbonyl (C=O) groups is 2. The van der Waals surface area contributed by atoms with Crippen LogP contribution in [0.2, 0.25) is 0 Å². The Morgan fingerprint density at radius 1 is 1.11 bits per heavy atom. The minimum atomic E-state index is -0.625. The minimum absolute atomic E-state index is 0.0348. The lowest BCUT2D eigenvalue weighted by Crippen LogP contribution is -2.38. The van der Waals surface area contributed by atoms with E-state index in [2.05, 4.69) is 15.0 Å². The van der Waals surface area contributed by atoms with Gasteiger partial charge in [-0.3, -0.25) is 14.5 Å². The Morgan fingerprint density at radius 2 is 1.75 bits per heavy atom. The van der Waals surface area contributed by atoms with Crippen LogP contribution in [0.5, 0.6) is 0 Å². The molecule has 0 saturated carbocycles. The Balaban J connectivity index is 1.86. The summed E-state index contributed by atoms with van der Waals surface area (Å²) in [4.78, 5) is 28.1. The molecule has 8 nitrogen and oxygen atoms in total. The summed E-state index contributed by atoms with van der Waals surface area (Å²) in [6.45, 7) is 5.28. The number of nitrogens with zero attached hydrogens (tertiary/aromatic N) is 2. The first kappa shape index (κ1) is 20.5. The zero-order valence-electron chi connectivity index (χ0n) is 16.0. The van der Waals surface area contributed by atoms with E-state index in [4.69, 9.17) is 9.47 Å². The zero-order chi connectivity index (χ0) is 19.9. The highest BCUT2D eigenvalue weighted by atomic mass is 19.1. The van der Waals surface area contributed by atoms with Crippen molar-refractivity contribution in [3.05, 3.63) is 29.1 Å². The summed E-state index contributed by atoms with van der Waals surface area (Å²) in [5.74, 6) is -1.82. The molecule has 0 unspecified atom stereocenters. The fraction of sp³-hybridized carbons (Fsp3) is 0.579. The van der Waals surface area contributed by atoms with Gasteiger partial charge in [-0.05, 0) is 17.7 Å². The number of ether oxygens (including phenoxy) is 3. The molecule has 2 heterocycles. The molecule has 2 aliphatic heterocycles. The molecule has 0 radical (unpaired) electrons. The fourth-order valence-electron chi connectivity index (χ4n) is 3.34. The SMILES string of the molecule is COC(=O)CNC(=O)c1c(F)cc(N2CCOCC2)cc1CN1CCOCC1. The van der Waals surface area contributed by atoms with E-state index < -0.39 is 17.7 Å². The van der Waals surface area contributed by atoms with Gasteiger partial charge in [0.15, 0.2) is 0 Å². The van der Waals surface area contributed by atoms with Crippen LogP contribution in [0.3, 0.4) is 0 Å². The lowest BCUT2D eigenvalue weighted by atomic mass is 10.0. The van der Waals surface area contributed by atoms with E-state index in [1.807, 2.05) is 11.0 Å². The van der Waals surface area contributed by atoms with Crippen LogP contribution in [0.15, 0.2) is 12.1 Å². The molecule has 0 aliphatic carbocycles. The molecule has 1 aromatic rings. The van der Waals surface area contributed by atoms with Crippen molar-refractivity contribution in [1.29, 1.82) is 0 Å². The van der Waals surface area contributed by atoms with Crippen LogP contribution in [0.25, 0.3) is 0 Å². The van der Waals surface area contributed by atoms with Gasteiger partial charge in [0, 0.05) is 38.4 Å². The predicted octanol–water partition coefficient (Wildman–Crippen LogP) is 0.397. The van der Waals surface area contributed by atoms with E-state index in [1.165, 1.54) is 13.2 Å². The van der Waals surface area contributed by atoms with E-state index in [0.29, 0.717) is 64.7 Å². The summed E-state index contributed by atoms with van der Waals surface area (Å²) in [6.07, 6.45) is 0. The molecule has 0 aromatic heterocycles. The summed E-state index contributed by atoms with van der Waals surface area (Å²) >= 11 is 0. The van der Waals surface area contributed by atoms with Crippen LogP contribution >= 0.6 is 0 Å². The van der Waals surface area contributed by atoms with Gasteiger partial charge in [-0.2, -0.15) is 0 Å². The lowest BCUT2D eigenvalue weighted by molar-refractivity contribution is -0.139. The van der Waals surface area contributed by atoms with Crippen molar-refractivity contribution in [3.8, 4) is 0 Å². The van der Waals surface area contributed by atoms with Crippen molar-refractivity contribution in [1.82, 2.24) is 10.2 Å². The Kier molecular flexibility index (Phi) is 7.18. The Hall–Kier alpha value is -2.23. The van der Waals surface area contributed by atoms with Crippen LogP contribution in [0, 0.1) is 5.82 Å². The van der Waals surface area contributed by atoms with Crippen molar-refractivity contribution >= 4 is 17.6 Å². The van der Waals surface area contributed by atoms with E-state index in [-0.39, 0.29) is 12.1 Å². The third-order valence-electron chi connectivity index (χ3n) is 4.88. The van der Waals surface area contributed by atoms with Gasteiger partial charge < -0.3 is 24.4 Å². The van der Waals surface area contributed by atoms with Crippen molar-refractivity contribution < 1.29 is 28.2 Å². The number of nitrogens with one attached hydrogen (secondary N) is 1. The van der Waals surface area contributed by atoms with Crippen LogP contribution in [0.1, 0.15) is 15.9 Å². The molecular weight excluding hydrogens is 369 g/mol. The van der Waals surface area contributed by atoms with Crippen molar-refractivity contribution in [2.24, 2.45) is 0 Å². The van der Waals surface area contributed by atoms with Crippen molar-refractivity contribution in [2.75, 3.05) is 71.2 Å². The minimum Gasteiger partial charge on any atom is -0.468 e. The quantitative estimate of drug-likeness (QED) is 0.699. The van der Waals surface area contributed by atoms with E-state index in [1.54, 1.807) is 0 Å². The molecule has 3 rings (SSSR count). The number of morpholine rings is 2. The van der Waals surface area contributed by atoms with Crippen LogP contribution in [-0.2, 0) is 25.5 Å². The summed E-state index contributed by atoms with van der Waals surface area (Å²) in [5, 5.41) is 2.44. The van der Waals surface area contributed by atoms with Gasteiger partial charge in [-0.15, -0.1) is 0 Å². The normalized spacial score (nSPS) is 18.0. The molecule has 1 amide bonds. The van der Waals surface area contributed by atoms with Gasteiger partial charge in [0.25, 0.3) is 5.91 Å². The summed E-state index contributed by atoms with van der Waals surface area (Å²) in [6, 6.07) is 3.23. The molecule has 28 heavy (non-hydrogen) atoms. The second-order valence-electron chi connectivity index (χ2n) is 6.71. The number of amides is 1. The predicted molar refractivity (Wildman–Crippen MR) is 99.9 cm³/mol. The van der Waals surface area contributed by atoms with Gasteiger partial charge in [0.05, 0.1) is 39.1 Å². The maximum Gasteiger partial charge on any atom is 0.325 e. The molecular formula is C19H26FN3O5. The van der Waals surface area contributed by atoms with Gasteiger partial charge in [0.2, 0.25) is 0 Å². The van der Waals surface area contributed by atoms with E-state index >= 15 is 0 Å². The van der Waals surface area contributed by atoms with Gasteiger partial charge in [0.1, 0.15) is 12.4 Å². The largest absolute Gasteiger partial charge is 0.468 e. The highest BCUT2D eigenvalue weighted by Gasteiger charge is 2.23. The van der Waals surface area contributed by atoms with Gasteiger partial charge in [-0.25, -0.2) is 4.39 Å². The standard InChI is InChI=1S/C19H26FN3O5/c1-26-17(24)12-21-19(25)18-14(13-22-2-6-27-7-3-22)10-15(11-16(18)20)23-4-8-28-9-5-23/h10-11H,2-9,12-13H2,1H3,(H,21,25). The maximum atomic E-state index is 15.0. The number of methoxy groups -OCH3 is 1. The van der Waals surface area contributed by atoms with Crippen molar-refractivity contribution in [2.45, 2.75) is 6.54 Å². The number of anilines is 1. The number of halogens is 1. The highest BCUT2D eigenvalue weighted by molar-refractivity contribution is 5.98. The second kappa shape index (κ2) is 9.81. The van der Waals surface area contributed by atoms with Crippen LogP contribution < -0.4 is 10.2 Å². The Bertz CT molecular complexity index is 703. The molecule has 1 aromatic carbocycles. The van der Waals surface area contributed by atoms with Crippen LogP contribution in [-0.4, -0.2) is 83.0 Å². The molecule has 154 valence electrons. The molecule has 2 fully saturated rings. The highest BCUT2D eigenvalue weighted by Crippen LogP contribution is 2.25. The number of rotatable bonds is 6. The molecule has 9 heteroatoms. The number of esters is 1. The monoisotopic (exact) mass is 395 g/mol. The molecule has 2 saturated heterocycles. The average Bonchev–Trinajstić information content (AvgIpc) is 2.73. The van der Waals surface area contributed by atoms with E-state index in [9.17, 15) is 14.0 Å². The summed E-state index contributed by atoms with van der Waals surface area (Å²) in [7, 11) is 1.23. The topological polar surface area (TPSA) is 80.3 Å². The average molecular weight is 395 g/mol. The first-order valence-electron chi connectivity index (χ1n) is 9.38. The zero-order valence-corrected chi connectivity index (χ0v) is 16.0. The lowest BCUT2D eigenvalue weighted by Gasteiger charge is -2.31. The number of hydrogen-bond donors (Lipinski definition) is 1. The molecule has 0 bridgehead atoms. The van der Waals surface area contributed by atoms with Crippen molar-refractivity contribution in [3.63, 3.8) is 0 Å². The first-order valence-corrected chi connectivity index (χ1v) is 9.38. The molecule has 0 atom stereocenters. The smallest absolute Gasteiger partial charge is 0.325 e. The molecule has 1 N–H and O–H groups in total. The third-order valence-corrected chi connectivity index (χ3v) is 4.88. The molecule has 0 spiro atoms. The fourth-order valence-corrected chi connectivity index (χ4v) is 3.34. The third kappa shape index (κ3) is 5.18. The second-order valence-corrected chi connectivity index (χ2v) is 6.71. The maximum absolute atomic E-state index is 15.0.